The smallest absolute Gasteiger partial charge is 0.235 e. The van der Waals surface area contributed by atoms with Gasteiger partial charge in [-0.1, -0.05) is 12.1 Å². The lowest BCUT2D eigenvalue weighted by Gasteiger charge is -2.17. The van der Waals surface area contributed by atoms with Crippen molar-refractivity contribution in [2.24, 2.45) is 0 Å². The van der Waals surface area contributed by atoms with Gasteiger partial charge >= 0.3 is 0 Å². The molecular weight excluding hydrogens is 313 g/mol. The average molecular weight is 331 g/mol. The monoisotopic (exact) mass is 331 g/mol. The van der Waals surface area contributed by atoms with Crippen molar-refractivity contribution in [3.05, 3.63) is 48.0 Å². The summed E-state index contributed by atoms with van der Waals surface area (Å²) in [5.41, 5.74) is 0.796. The summed E-state index contributed by atoms with van der Waals surface area (Å²) in [6.45, 7) is 1.13. The molecule has 1 fully saturated rings. The average Bonchev–Trinajstić information content (AvgIpc) is 3.06. The topological polar surface area (TPSA) is 64.6 Å². The number of amides is 1. The molecule has 0 radical (unpaired) electrons. The molecule has 1 amide bonds. The van der Waals surface area contributed by atoms with Crippen LogP contribution in [0.25, 0.3) is 0 Å². The summed E-state index contributed by atoms with van der Waals surface area (Å²) in [5.74, 6) is 0.464. The predicted octanol–water partition coefficient (Wildman–Crippen LogP) is 1.85. The number of aromatic nitrogens is 2. The second kappa shape index (κ2) is 7.25. The molecule has 2 aromatic rings. The van der Waals surface area contributed by atoms with Crippen LogP contribution in [0.2, 0.25) is 0 Å². The van der Waals surface area contributed by atoms with Gasteiger partial charge in [-0.2, -0.15) is 4.98 Å². The normalized spacial score (nSPS) is 16.9. The Labute approximate surface area is 139 Å². The van der Waals surface area contributed by atoms with Crippen molar-refractivity contribution in [3.63, 3.8) is 0 Å². The highest BCUT2D eigenvalue weighted by molar-refractivity contribution is 5.79. The molecule has 1 aromatic carbocycles. The Morgan fingerprint density at radius 2 is 2.04 bits per heavy atom. The van der Waals surface area contributed by atoms with Crippen molar-refractivity contribution in [1.29, 1.82) is 0 Å². The van der Waals surface area contributed by atoms with Gasteiger partial charge in [-0.05, 0) is 17.7 Å². The Morgan fingerprint density at radius 3 is 2.79 bits per heavy atom. The maximum absolute atomic E-state index is 12.9. The zero-order valence-corrected chi connectivity index (χ0v) is 13.3. The fraction of sp³-hybridized carbons (Fsp3) is 0.353. The third-order valence-corrected chi connectivity index (χ3v) is 3.85. The highest BCUT2D eigenvalue weighted by Gasteiger charge is 2.28. The van der Waals surface area contributed by atoms with E-state index < -0.39 is 0 Å². The van der Waals surface area contributed by atoms with E-state index in [1.165, 1.54) is 31.6 Å². The molecule has 1 aliphatic rings. The lowest BCUT2D eigenvalue weighted by molar-refractivity contribution is -0.129. The number of hydrogen-bond acceptors (Lipinski definition) is 5. The van der Waals surface area contributed by atoms with Crippen molar-refractivity contribution in [3.8, 4) is 11.8 Å². The van der Waals surface area contributed by atoms with Crippen molar-refractivity contribution < 1.29 is 18.7 Å². The molecule has 6 nitrogen and oxygen atoms in total. The Balaban J connectivity index is 1.54. The van der Waals surface area contributed by atoms with Crippen LogP contribution in [0.3, 0.4) is 0 Å². The van der Waals surface area contributed by atoms with Gasteiger partial charge < -0.3 is 14.4 Å². The van der Waals surface area contributed by atoms with E-state index in [4.69, 9.17) is 9.47 Å². The summed E-state index contributed by atoms with van der Waals surface area (Å²) in [4.78, 5) is 22.2. The van der Waals surface area contributed by atoms with Crippen LogP contribution in [-0.4, -0.2) is 47.1 Å². The Hall–Kier alpha value is -2.70. The number of benzene rings is 1. The summed E-state index contributed by atoms with van der Waals surface area (Å²) in [7, 11) is 1.51. The summed E-state index contributed by atoms with van der Waals surface area (Å²) in [5, 5.41) is 0. The highest BCUT2D eigenvalue weighted by Crippen LogP contribution is 2.18. The number of rotatable bonds is 5. The van der Waals surface area contributed by atoms with Gasteiger partial charge in [-0.3, -0.25) is 9.78 Å². The first-order valence-electron chi connectivity index (χ1n) is 7.69. The fourth-order valence-corrected chi connectivity index (χ4v) is 2.60. The first kappa shape index (κ1) is 16.2. The minimum absolute atomic E-state index is 0.00411. The van der Waals surface area contributed by atoms with E-state index in [1.54, 1.807) is 17.0 Å². The Kier molecular flexibility index (Phi) is 4.88. The number of halogens is 1. The quantitative estimate of drug-likeness (QED) is 0.836. The van der Waals surface area contributed by atoms with Crippen molar-refractivity contribution in [2.75, 3.05) is 20.2 Å². The molecular formula is C17H18FN3O3. The summed E-state index contributed by atoms with van der Waals surface area (Å²) >= 11 is 0. The van der Waals surface area contributed by atoms with Gasteiger partial charge in [0, 0.05) is 13.0 Å². The molecule has 2 heterocycles. The summed E-state index contributed by atoms with van der Waals surface area (Å²) in [6.07, 6.45) is 3.88. The van der Waals surface area contributed by atoms with Crippen LogP contribution < -0.4 is 9.47 Å². The molecule has 0 N–H and O–H groups in total. The van der Waals surface area contributed by atoms with Gasteiger partial charge in [0.15, 0.2) is 0 Å². The first-order valence-corrected chi connectivity index (χ1v) is 7.69. The van der Waals surface area contributed by atoms with Crippen molar-refractivity contribution in [2.45, 2.75) is 18.9 Å². The fourth-order valence-electron chi connectivity index (χ4n) is 2.60. The van der Waals surface area contributed by atoms with E-state index in [9.17, 15) is 9.18 Å². The minimum Gasteiger partial charge on any atom is -0.480 e. The van der Waals surface area contributed by atoms with Gasteiger partial charge in [-0.25, -0.2) is 4.39 Å². The van der Waals surface area contributed by atoms with Gasteiger partial charge in [0.25, 0.3) is 0 Å². The molecule has 7 heteroatoms. The summed E-state index contributed by atoms with van der Waals surface area (Å²) in [6, 6.07) is 5.98. The molecule has 0 bridgehead atoms. The number of carbonyl (C=O) groups is 1. The molecule has 1 aliphatic heterocycles. The Morgan fingerprint density at radius 1 is 1.29 bits per heavy atom. The molecule has 1 atom stereocenters. The molecule has 1 unspecified atom stereocenters. The van der Waals surface area contributed by atoms with E-state index in [1.807, 2.05) is 0 Å². The third kappa shape index (κ3) is 3.98. The molecule has 3 rings (SSSR count). The van der Waals surface area contributed by atoms with Crippen molar-refractivity contribution in [1.82, 2.24) is 14.9 Å². The maximum atomic E-state index is 12.9. The lowest BCUT2D eigenvalue weighted by Crippen LogP contribution is -2.32. The molecule has 0 spiro atoms. The van der Waals surface area contributed by atoms with Crippen LogP contribution in [0.5, 0.6) is 11.8 Å². The van der Waals surface area contributed by atoms with Gasteiger partial charge in [0.05, 0.1) is 32.5 Å². The van der Waals surface area contributed by atoms with E-state index >= 15 is 0 Å². The number of methoxy groups -OCH3 is 1. The molecule has 0 saturated carbocycles. The third-order valence-electron chi connectivity index (χ3n) is 3.85. The number of likely N-dealkylation sites (tertiary alicyclic amines) is 1. The lowest BCUT2D eigenvalue weighted by atomic mass is 10.1. The van der Waals surface area contributed by atoms with Crippen LogP contribution in [0.15, 0.2) is 36.7 Å². The number of carbonyl (C=O) groups excluding carboxylic acids is 1. The number of hydrogen-bond donors (Lipinski definition) is 0. The molecule has 126 valence electrons. The van der Waals surface area contributed by atoms with Gasteiger partial charge in [0.1, 0.15) is 11.9 Å². The van der Waals surface area contributed by atoms with E-state index in [2.05, 4.69) is 9.97 Å². The largest absolute Gasteiger partial charge is 0.480 e. The van der Waals surface area contributed by atoms with Crippen LogP contribution >= 0.6 is 0 Å². The maximum Gasteiger partial charge on any atom is 0.235 e. The SMILES string of the molecule is COc1cncc(OC2CCN(C(=O)Cc3ccc(F)cc3)C2)n1. The van der Waals surface area contributed by atoms with E-state index in [-0.39, 0.29) is 24.2 Å². The molecule has 0 aliphatic carbocycles. The van der Waals surface area contributed by atoms with Crippen LogP contribution in [0.4, 0.5) is 4.39 Å². The summed E-state index contributed by atoms with van der Waals surface area (Å²) < 4.78 is 23.7. The standard InChI is InChI=1S/C17H18FN3O3/c1-23-15-9-19-10-16(20-15)24-14-6-7-21(11-14)17(22)8-12-2-4-13(18)5-3-12/h2-5,9-10,14H,6-8,11H2,1H3. The molecule has 1 saturated heterocycles. The first-order chi connectivity index (χ1) is 11.6. The van der Waals surface area contributed by atoms with E-state index in [0.29, 0.717) is 24.8 Å². The Bertz CT molecular complexity index is 708. The van der Waals surface area contributed by atoms with Crippen LogP contribution in [0, 0.1) is 5.82 Å². The van der Waals surface area contributed by atoms with Crippen LogP contribution in [0.1, 0.15) is 12.0 Å². The van der Waals surface area contributed by atoms with Crippen molar-refractivity contribution >= 4 is 5.91 Å². The number of ether oxygens (including phenoxy) is 2. The van der Waals surface area contributed by atoms with E-state index in [0.717, 1.165) is 12.0 Å². The van der Waals surface area contributed by atoms with Gasteiger partial charge in [0.2, 0.25) is 17.7 Å². The van der Waals surface area contributed by atoms with Crippen LogP contribution in [-0.2, 0) is 11.2 Å². The predicted molar refractivity (Wildman–Crippen MR) is 84.3 cm³/mol. The zero-order chi connectivity index (χ0) is 16.9. The molecule has 24 heavy (non-hydrogen) atoms. The highest BCUT2D eigenvalue weighted by atomic mass is 19.1. The second-order valence-electron chi connectivity index (χ2n) is 5.57. The second-order valence-corrected chi connectivity index (χ2v) is 5.57. The van der Waals surface area contributed by atoms with Gasteiger partial charge in [-0.15, -0.1) is 0 Å². The molecule has 1 aromatic heterocycles. The number of nitrogens with zero attached hydrogens (tertiary/aromatic N) is 3. The zero-order valence-electron chi connectivity index (χ0n) is 13.3. The minimum atomic E-state index is -0.305.